The maximum atomic E-state index is 13.4. The van der Waals surface area contributed by atoms with E-state index >= 15 is 0 Å². The summed E-state index contributed by atoms with van der Waals surface area (Å²) < 4.78 is 0. The van der Waals surface area contributed by atoms with Crippen molar-refractivity contribution in [2.45, 2.75) is 74.7 Å². The van der Waals surface area contributed by atoms with E-state index in [0.29, 0.717) is 0 Å². The maximum Gasteiger partial charge on any atom is 0.174 e. The van der Waals surface area contributed by atoms with Crippen molar-refractivity contribution in [1.29, 1.82) is 0 Å². The van der Waals surface area contributed by atoms with Gasteiger partial charge in [-0.1, -0.05) is 80.5 Å². The predicted molar refractivity (Wildman–Crippen MR) is 104 cm³/mol. The Morgan fingerprint density at radius 2 is 1.32 bits per heavy atom. The molecule has 2 nitrogen and oxygen atoms in total. The third kappa shape index (κ3) is 4.04. The molecule has 2 unspecified atom stereocenters. The Balaban J connectivity index is 2.66. The van der Waals surface area contributed by atoms with Gasteiger partial charge in [-0.05, 0) is 33.8 Å². The number of hydrogen-bond acceptors (Lipinski definition) is 2. The van der Waals surface area contributed by atoms with Crippen molar-refractivity contribution in [2.75, 3.05) is 0 Å². The van der Waals surface area contributed by atoms with E-state index in [-0.39, 0.29) is 33.7 Å². The van der Waals surface area contributed by atoms with Crippen LogP contribution in [0, 0.1) is 22.2 Å². The zero-order valence-corrected chi connectivity index (χ0v) is 17.4. The summed E-state index contributed by atoms with van der Waals surface area (Å²) in [6, 6.07) is 6.14. The Hall–Kier alpha value is -1.44. The Kier molecular flexibility index (Phi) is 4.83. The molecule has 2 heteroatoms. The molecule has 1 aliphatic rings. The van der Waals surface area contributed by atoms with Crippen LogP contribution in [0.4, 0.5) is 0 Å². The summed E-state index contributed by atoms with van der Waals surface area (Å²) in [7, 11) is 0. The van der Waals surface area contributed by atoms with E-state index < -0.39 is 5.92 Å². The molecule has 0 bridgehead atoms. The second kappa shape index (κ2) is 6.07. The van der Waals surface area contributed by atoms with E-state index in [4.69, 9.17) is 0 Å². The SMILES string of the molecule is CC(C)(C)Cc1ccc2c(c1)C(C(C)(C)C)C(=O)C(C(C)(C)C)C2=O. The summed E-state index contributed by atoms with van der Waals surface area (Å²) in [4.78, 5) is 26.5. The number of fused-ring (bicyclic) bond motifs is 1. The molecular weight excluding hydrogens is 308 g/mol. The minimum Gasteiger partial charge on any atom is -0.298 e. The molecule has 0 aliphatic heterocycles. The van der Waals surface area contributed by atoms with Gasteiger partial charge in [0, 0.05) is 11.5 Å². The molecule has 2 atom stereocenters. The molecule has 1 aliphatic carbocycles. The van der Waals surface area contributed by atoms with Crippen LogP contribution in [0.2, 0.25) is 0 Å². The Morgan fingerprint density at radius 3 is 1.76 bits per heavy atom. The van der Waals surface area contributed by atoms with Gasteiger partial charge in [0.25, 0.3) is 0 Å². The number of carbonyl (C=O) groups excluding carboxylic acids is 2. The normalized spacial score (nSPS) is 22.1. The van der Waals surface area contributed by atoms with E-state index in [2.05, 4.69) is 53.7 Å². The third-order valence-corrected chi connectivity index (χ3v) is 4.99. The van der Waals surface area contributed by atoms with Gasteiger partial charge in [0.15, 0.2) is 11.6 Å². The van der Waals surface area contributed by atoms with Crippen molar-refractivity contribution in [1.82, 2.24) is 0 Å². The third-order valence-electron chi connectivity index (χ3n) is 4.99. The fourth-order valence-corrected chi connectivity index (χ4v) is 4.12. The van der Waals surface area contributed by atoms with Crippen LogP contribution in [-0.2, 0) is 11.2 Å². The highest BCUT2D eigenvalue weighted by Crippen LogP contribution is 2.47. The summed E-state index contributed by atoms with van der Waals surface area (Å²) in [5.74, 6) is -0.706. The lowest BCUT2D eigenvalue weighted by molar-refractivity contribution is -0.128. The Bertz CT molecular complexity index is 690. The molecule has 0 aromatic heterocycles. The quantitative estimate of drug-likeness (QED) is 0.601. The number of rotatable bonds is 1. The Morgan fingerprint density at radius 1 is 0.800 bits per heavy atom. The lowest BCUT2D eigenvalue weighted by Gasteiger charge is -2.41. The lowest BCUT2D eigenvalue weighted by Crippen LogP contribution is -2.46. The van der Waals surface area contributed by atoms with Crippen molar-refractivity contribution in [3.05, 3.63) is 34.9 Å². The number of carbonyl (C=O) groups is 2. The van der Waals surface area contributed by atoms with Crippen LogP contribution in [0.25, 0.3) is 0 Å². The molecule has 0 fully saturated rings. The summed E-state index contributed by atoms with van der Waals surface area (Å²) in [5, 5.41) is 0. The van der Waals surface area contributed by atoms with Crippen molar-refractivity contribution in [3.8, 4) is 0 Å². The first-order valence-corrected chi connectivity index (χ1v) is 9.34. The molecule has 25 heavy (non-hydrogen) atoms. The van der Waals surface area contributed by atoms with E-state index in [9.17, 15) is 9.59 Å². The van der Waals surface area contributed by atoms with Crippen LogP contribution >= 0.6 is 0 Å². The fourth-order valence-electron chi connectivity index (χ4n) is 4.12. The standard InChI is InChI=1S/C23H34O2/c1-21(2,3)13-14-10-11-15-16(12-14)17(22(4,5)6)20(25)18(19(15)24)23(7,8)9/h10-12,17-18H,13H2,1-9H3. The van der Waals surface area contributed by atoms with Gasteiger partial charge in [-0.25, -0.2) is 0 Å². The molecule has 0 amide bonds. The maximum absolute atomic E-state index is 13.4. The summed E-state index contributed by atoms with van der Waals surface area (Å²) in [6.07, 6.45) is 0.933. The first kappa shape index (κ1) is 19.9. The predicted octanol–water partition coefficient (Wildman–Crippen LogP) is 5.83. The highest BCUT2D eigenvalue weighted by Gasteiger charge is 2.49. The van der Waals surface area contributed by atoms with Crippen LogP contribution in [0.1, 0.15) is 89.7 Å². The molecule has 0 heterocycles. The molecule has 0 spiro atoms. The van der Waals surface area contributed by atoms with Gasteiger partial charge in [0.1, 0.15) is 0 Å². The van der Waals surface area contributed by atoms with E-state index in [0.717, 1.165) is 17.5 Å². The molecule has 1 aromatic rings. The summed E-state index contributed by atoms with van der Waals surface area (Å²) >= 11 is 0. The van der Waals surface area contributed by atoms with Gasteiger partial charge in [0.05, 0.1) is 5.92 Å². The zero-order chi connectivity index (χ0) is 19.4. The fraction of sp³-hybridized carbons (Fsp3) is 0.652. The van der Waals surface area contributed by atoms with E-state index in [1.807, 2.05) is 26.8 Å². The first-order chi connectivity index (χ1) is 11.1. The molecule has 0 radical (unpaired) electrons. The molecule has 1 aromatic carbocycles. The molecule has 138 valence electrons. The molecule has 0 saturated heterocycles. The second-order valence-corrected chi connectivity index (χ2v) is 11.0. The van der Waals surface area contributed by atoms with Crippen molar-refractivity contribution in [3.63, 3.8) is 0 Å². The second-order valence-electron chi connectivity index (χ2n) is 11.0. The van der Waals surface area contributed by atoms with Crippen molar-refractivity contribution >= 4 is 11.6 Å². The number of hydrogen-bond donors (Lipinski definition) is 0. The number of Topliss-reactive ketones (excluding diaryl/α,β-unsaturated/α-hetero) is 2. The minimum absolute atomic E-state index is 0.00434. The van der Waals surface area contributed by atoms with Crippen LogP contribution < -0.4 is 0 Å². The van der Waals surface area contributed by atoms with Crippen LogP contribution in [0.3, 0.4) is 0 Å². The topological polar surface area (TPSA) is 34.1 Å². The average Bonchev–Trinajstić information content (AvgIpc) is 2.32. The van der Waals surface area contributed by atoms with Gasteiger partial charge in [-0.3, -0.25) is 9.59 Å². The van der Waals surface area contributed by atoms with Gasteiger partial charge in [0.2, 0.25) is 0 Å². The average molecular weight is 343 g/mol. The van der Waals surface area contributed by atoms with Gasteiger partial charge in [-0.2, -0.15) is 0 Å². The number of ketones is 2. The monoisotopic (exact) mass is 342 g/mol. The highest BCUT2D eigenvalue weighted by molar-refractivity contribution is 6.17. The van der Waals surface area contributed by atoms with E-state index in [1.165, 1.54) is 5.56 Å². The Labute approximate surface area is 153 Å². The smallest absolute Gasteiger partial charge is 0.174 e. The summed E-state index contributed by atoms with van der Waals surface area (Å²) in [6.45, 7) is 18.9. The highest BCUT2D eigenvalue weighted by atomic mass is 16.2. The summed E-state index contributed by atoms with van der Waals surface area (Å²) in [5.41, 5.74) is 2.48. The van der Waals surface area contributed by atoms with Crippen LogP contribution in [0.5, 0.6) is 0 Å². The van der Waals surface area contributed by atoms with Gasteiger partial charge < -0.3 is 0 Å². The molecule has 2 rings (SSSR count). The molecule has 0 N–H and O–H groups in total. The number of benzene rings is 1. The first-order valence-electron chi connectivity index (χ1n) is 9.34. The zero-order valence-electron chi connectivity index (χ0n) is 17.4. The molecular formula is C23H34O2. The molecule has 0 saturated carbocycles. The lowest BCUT2D eigenvalue weighted by atomic mass is 9.59. The van der Waals surface area contributed by atoms with Crippen LogP contribution in [0.15, 0.2) is 18.2 Å². The minimum atomic E-state index is -0.558. The van der Waals surface area contributed by atoms with E-state index in [1.54, 1.807) is 0 Å². The van der Waals surface area contributed by atoms with Crippen LogP contribution in [-0.4, -0.2) is 11.6 Å². The van der Waals surface area contributed by atoms with Crippen molar-refractivity contribution in [2.24, 2.45) is 22.2 Å². The largest absolute Gasteiger partial charge is 0.298 e. The van der Waals surface area contributed by atoms with Crippen molar-refractivity contribution < 1.29 is 9.59 Å². The van der Waals surface area contributed by atoms with Gasteiger partial charge in [-0.15, -0.1) is 0 Å². The van der Waals surface area contributed by atoms with Gasteiger partial charge >= 0.3 is 0 Å².